The van der Waals surface area contributed by atoms with Crippen molar-refractivity contribution in [3.8, 4) is 0 Å². The minimum Gasteiger partial charge on any atom is -0.348 e. The van der Waals surface area contributed by atoms with Crippen LogP contribution < -0.4 is 10.9 Å². The molecule has 0 bridgehead atoms. The normalized spacial score (nSPS) is 18.3. The topological polar surface area (TPSA) is 74.8 Å². The fraction of sp³-hybridized carbons (Fsp3) is 0.522. The third kappa shape index (κ3) is 3.97. The first-order valence-electron chi connectivity index (χ1n) is 11.1. The molecule has 1 unspecified atom stereocenters. The molecule has 2 N–H and O–H groups in total. The molecule has 0 saturated heterocycles. The number of rotatable bonds is 5. The van der Waals surface area contributed by atoms with Crippen molar-refractivity contribution in [3.05, 3.63) is 49.0 Å². The largest absolute Gasteiger partial charge is 0.348 e. The standard InChI is InChI=1S/C23H27N3O2S2/c27-21(14-7-2-1-3-8-14)24-16(18-11-6-12-29-18)13-19-25-22(28)20-15-9-4-5-10-17(15)30-23(20)26-19/h6,11-12,14,16H,1-5,7-10,13H2,(H,24,27)(H,25,26,28). The third-order valence-electron chi connectivity index (χ3n) is 6.45. The van der Waals surface area contributed by atoms with Crippen molar-refractivity contribution >= 4 is 38.8 Å². The maximum absolute atomic E-state index is 12.9. The Morgan fingerprint density at radius 1 is 1.20 bits per heavy atom. The van der Waals surface area contributed by atoms with Crippen LogP contribution in [0.25, 0.3) is 10.2 Å². The zero-order valence-corrected chi connectivity index (χ0v) is 18.7. The molecule has 1 atom stereocenters. The van der Waals surface area contributed by atoms with Crippen molar-refractivity contribution in [3.63, 3.8) is 0 Å². The molecule has 1 fully saturated rings. The number of carbonyl (C=O) groups is 1. The summed E-state index contributed by atoms with van der Waals surface area (Å²) < 4.78 is 0. The lowest BCUT2D eigenvalue weighted by Crippen LogP contribution is -2.36. The molecule has 3 aromatic rings. The van der Waals surface area contributed by atoms with E-state index in [1.807, 2.05) is 11.4 Å². The van der Waals surface area contributed by atoms with Gasteiger partial charge in [0.2, 0.25) is 5.91 Å². The molecule has 2 aliphatic rings. The quantitative estimate of drug-likeness (QED) is 0.591. The minimum absolute atomic E-state index is 0.0297. The summed E-state index contributed by atoms with van der Waals surface area (Å²) in [5.41, 5.74) is 1.18. The molecule has 2 aliphatic carbocycles. The molecule has 7 heteroatoms. The average Bonchev–Trinajstić information content (AvgIpc) is 3.42. The van der Waals surface area contributed by atoms with Gasteiger partial charge in [-0.1, -0.05) is 25.3 Å². The maximum Gasteiger partial charge on any atom is 0.259 e. The lowest BCUT2D eigenvalue weighted by Gasteiger charge is -2.24. The van der Waals surface area contributed by atoms with E-state index >= 15 is 0 Å². The van der Waals surface area contributed by atoms with Crippen LogP contribution in [0.15, 0.2) is 22.3 Å². The fourth-order valence-electron chi connectivity index (χ4n) is 4.87. The van der Waals surface area contributed by atoms with Gasteiger partial charge in [-0.15, -0.1) is 22.7 Å². The molecule has 5 rings (SSSR count). The Balaban J connectivity index is 1.42. The van der Waals surface area contributed by atoms with Crippen molar-refractivity contribution < 1.29 is 4.79 Å². The van der Waals surface area contributed by atoms with E-state index in [2.05, 4.69) is 16.4 Å². The SMILES string of the molecule is O=C(NC(Cc1nc2sc3c(c2c(=O)[nH]1)CCCC3)c1cccs1)C1CCCCC1. The van der Waals surface area contributed by atoms with Crippen LogP contribution in [0.2, 0.25) is 0 Å². The molecule has 3 heterocycles. The molecule has 30 heavy (non-hydrogen) atoms. The summed E-state index contributed by atoms with van der Waals surface area (Å²) in [4.78, 5) is 36.9. The minimum atomic E-state index is -0.158. The number of aromatic amines is 1. The van der Waals surface area contributed by atoms with E-state index in [9.17, 15) is 9.59 Å². The van der Waals surface area contributed by atoms with Crippen LogP contribution in [-0.4, -0.2) is 15.9 Å². The summed E-state index contributed by atoms with van der Waals surface area (Å²) in [5, 5.41) is 6.09. The average molecular weight is 442 g/mol. The lowest BCUT2D eigenvalue weighted by atomic mass is 9.88. The monoisotopic (exact) mass is 441 g/mol. The predicted molar refractivity (Wildman–Crippen MR) is 122 cm³/mol. The van der Waals surface area contributed by atoms with Crippen LogP contribution in [0, 0.1) is 5.92 Å². The smallest absolute Gasteiger partial charge is 0.259 e. The molecule has 3 aromatic heterocycles. The zero-order chi connectivity index (χ0) is 20.5. The number of H-pyrrole nitrogens is 1. The van der Waals surface area contributed by atoms with Crippen LogP contribution in [0.4, 0.5) is 0 Å². The highest BCUT2D eigenvalue weighted by Gasteiger charge is 2.26. The molecule has 0 spiro atoms. The summed E-state index contributed by atoms with van der Waals surface area (Å²) in [6.45, 7) is 0. The van der Waals surface area contributed by atoms with Crippen LogP contribution >= 0.6 is 22.7 Å². The number of aromatic nitrogens is 2. The van der Waals surface area contributed by atoms with Crippen molar-refractivity contribution in [2.45, 2.75) is 70.3 Å². The maximum atomic E-state index is 12.9. The highest BCUT2D eigenvalue weighted by molar-refractivity contribution is 7.18. The first-order chi connectivity index (χ1) is 14.7. The summed E-state index contributed by atoms with van der Waals surface area (Å²) >= 11 is 3.31. The number of thiophene rings is 2. The van der Waals surface area contributed by atoms with Gasteiger partial charge >= 0.3 is 0 Å². The van der Waals surface area contributed by atoms with E-state index in [-0.39, 0.29) is 23.4 Å². The van der Waals surface area contributed by atoms with E-state index in [1.165, 1.54) is 23.3 Å². The highest BCUT2D eigenvalue weighted by atomic mass is 32.1. The van der Waals surface area contributed by atoms with E-state index in [4.69, 9.17) is 4.98 Å². The second kappa shape index (κ2) is 8.63. The third-order valence-corrected chi connectivity index (χ3v) is 8.62. The van der Waals surface area contributed by atoms with E-state index < -0.39 is 0 Å². The van der Waals surface area contributed by atoms with Crippen LogP contribution in [0.3, 0.4) is 0 Å². The van der Waals surface area contributed by atoms with Crippen LogP contribution in [0.1, 0.15) is 72.1 Å². The Labute approximate surface area is 183 Å². The highest BCUT2D eigenvalue weighted by Crippen LogP contribution is 2.34. The van der Waals surface area contributed by atoms with E-state index in [0.717, 1.165) is 60.0 Å². The second-order valence-corrected chi connectivity index (χ2v) is 10.6. The van der Waals surface area contributed by atoms with Crippen molar-refractivity contribution in [1.29, 1.82) is 0 Å². The van der Waals surface area contributed by atoms with Gasteiger partial charge in [-0.05, 0) is 55.5 Å². The Morgan fingerprint density at radius 2 is 2.03 bits per heavy atom. The second-order valence-electron chi connectivity index (χ2n) is 8.52. The zero-order valence-electron chi connectivity index (χ0n) is 17.0. The number of aryl methyl sites for hydroxylation is 2. The van der Waals surface area contributed by atoms with Gasteiger partial charge in [-0.3, -0.25) is 9.59 Å². The number of hydrogen-bond acceptors (Lipinski definition) is 5. The van der Waals surface area contributed by atoms with Crippen LogP contribution in [-0.2, 0) is 24.1 Å². The summed E-state index contributed by atoms with van der Waals surface area (Å²) in [5.74, 6) is 0.913. The molecule has 0 aliphatic heterocycles. The van der Waals surface area contributed by atoms with Gasteiger partial charge in [-0.2, -0.15) is 0 Å². The van der Waals surface area contributed by atoms with Gasteiger partial charge < -0.3 is 10.3 Å². The van der Waals surface area contributed by atoms with E-state index in [1.54, 1.807) is 22.7 Å². The number of fused-ring (bicyclic) bond motifs is 3. The fourth-order valence-corrected chi connectivity index (χ4v) is 6.92. The summed E-state index contributed by atoms with van der Waals surface area (Å²) in [6, 6.07) is 3.90. The van der Waals surface area contributed by atoms with Gasteiger partial charge in [0.1, 0.15) is 10.7 Å². The predicted octanol–water partition coefficient (Wildman–Crippen LogP) is 4.91. The number of nitrogens with zero attached hydrogens (tertiary/aromatic N) is 1. The van der Waals surface area contributed by atoms with E-state index in [0.29, 0.717) is 12.2 Å². The molecule has 5 nitrogen and oxygen atoms in total. The Bertz CT molecular complexity index is 1090. The lowest BCUT2D eigenvalue weighted by molar-refractivity contribution is -0.126. The number of carbonyl (C=O) groups excluding carboxylic acids is 1. The number of hydrogen-bond donors (Lipinski definition) is 2. The Morgan fingerprint density at radius 3 is 2.83 bits per heavy atom. The van der Waals surface area contributed by atoms with Crippen molar-refractivity contribution in [2.75, 3.05) is 0 Å². The molecular weight excluding hydrogens is 414 g/mol. The van der Waals surface area contributed by atoms with Crippen LogP contribution in [0.5, 0.6) is 0 Å². The van der Waals surface area contributed by atoms with Gasteiger partial charge in [-0.25, -0.2) is 4.98 Å². The molecular formula is C23H27N3O2S2. The first-order valence-corrected chi connectivity index (χ1v) is 12.8. The number of amides is 1. The molecule has 1 saturated carbocycles. The Hall–Kier alpha value is -1.99. The Kier molecular flexibility index (Phi) is 5.74. The molecule has 0 radical (unpaired) electrons. The van der Waals surface area contributed by atoms with Gasteiger partial charge in [0.25, 0.3) is 5.56 Å². The van der Waals surface area contributed by atoms with Crippen molar-refractivity contribution in [2.24, 2.45) is 5.92 Å². The molecule has 158 valence electrons. The van der Waals surface area contributed by atoms with Gasteiger partial charge in [0.15, 0.2) is 0 Å². The number of nitrogens with one attached hydrogen (secondary N) is 2. The van der Waals surface area contributed by atoms with Gasteiger partial charge in [0.05, 0.1) is 11.4 Å². The van der Waals surface area contributed by atoms with Gasteiger partial charge in [0, 0.05) is 22.1 Å². The molecule has 1 amide bonds. The van der Waals surface area contributed by atoms with Crippen molar-refractivity contribution in [1.82, 2.24) is 15.3 Å². The summed E-state index contributed by atoms with van der Waals surface area (Å²) in [7, 11) is 0. The summed E-state index contributed by atoms with van der Waals surface area (Å²) in [6.07, 6.45) is 10.3. The molecule has 0 aromatic carbocycles. The first kappa shape index (κ1) is 19.9.